The van der Waals surface area contributed by atoms with E-state index in [1.165, 1.54) is 25.0 Å². The standard InChI is InChI=1S/C29H32FN3O3/c1-18(2)27(19-9-3-4-10-19)31-25-16-15-20(21-11-5-6-12-22(21)28(34)35)17-26(25)33-29(36)32-24-14-8-7-13-23(24)30/h5-8,11-19,27,31H,3-4,9-10H2,1-2H3,(H,34,35)(H2,32,33,36). The highest BCUT2D eigenvalue weighted by Crippen LogP contribution is 2.36. The van der Waals surface area contributed by atoms with Gasteiger partial charge in [0.2, 0.25) is 0 Å². The molecule has 4 rings (SSSR count). The molecule has 3 aromatic rings. The van der Waals surface area contributed by atoms with Gasteiger partial charge in [-0.2, -0.15) is 0 Å². The maximum atomic E-state index is 14.1. The molecule has 1 atom stereocenters. The molecule has 1 unspecified atom stereocenters. The minimum absolute atomic E-state index is 0.0721. The highest BCUT2D eigenvalue weighted by Gasteiger charge is 2.28. The van der Waals surface area contributed by atoms with Crippen LogP contribution in [0.4, 0.5) is 26.2 Å². The van der Waals surface area contributed by atoms with E-state index in [0.29, 0.717) is 28.7 Å². The number of carbonyl (C=O) groups is 2. The maximum Gasteiger partial charge on any atom is 0.336 e. The molecule has 1 saturated carbocycles. The summed E-state index contributed by atoms with van der Waals surface area (Å²) in [6, 6.07) is 17.8. The van der Waals surface area contributed by atoms with E-state index in [1.807, 2.05) is 12.1 Å². The zero-order chi connectivity index (χ0) is 25.7. The van der Waals surface area contributed by atoms with Gasteiger partial charge < -0.3 is 21.1 Å². The van der Waals surface area contributed by atoms with E-state index in [0.717, 1.165) is 18.5 Å². The van der Waals surface area contributed by atoms with Crippen molar-refractivity contribution in [3.8, 4) is 11.1 Å². The van der Waals surface area contributed by atoms with Gasteiger partial charge in [0.15, 0.2) is 0 Å². The molecule has 2 amide bonds. The number of halogens is 1. The van der Waals surface area contributed by atoms with Crippen LogP contribution in [0.3, 0.4) is 0 Å². The normalized spacial score (nSPS) is 14.4. The lowest BCUT2D eigenvalue weighted by molar-refractivity contribution is 0.0697. The zero-order valence-electron chi connectivity index (χ0n) is 20.6. The van der Waals surface area contributed by atoms with Crippen molar-refractivity contribution in [1.82, 2.24) is 0 Å². The number of anilines is 3. The number of urea groups is 1. The van der Waals surface area contributed by atoms with E-state index in [9.17, 15) is 19.1 Å². The first-order chi connectivity index (χ1) is 17.3. The molecule has 0 aromatic heterocycles. The van der Waals surface area contributed by atoms with Crippen molar-refractivity contribution >= 4 is 29.1 Å². The summed E-state index contributed by atoms with van der Waals surface area (Å²) in [6.07, 6.45) is 4.76. The fourth-order valence-electron chi connectivity index (χ4n) is 5.03. The summed E-state index contributed by atoms with van der Waals surface area (Å²) >= 11 is 0. The third-order valence-electron chi connectivity index (χ3n) is 6.81. The lowest BCUT2D eigenvalue weighted by Crippen LogP contribution is -2.33. The van der Waals surface area contributed by atoms with Crippen LogP contribution in [-0.2, 0) is 0 Å². The predicted molar refractivity (Wildman–Crippen MR) is 142 cm³/mol. The molecule has 0 heterocycles. The first-order valence-corrected chi connectivity index (χ1v) is 12.4. The molecular weight excluding hydrogens is 457 g/mol. The first kappa shape index (κ1) is 25.2. The monoisotopic (exact) mass is 489 g/mol. The molecule has 0 saturated heterocycles. The number of benzene rings is 3. The van der Waals surface area contributed by atoms with Crippen LogP contribution in [0.1, 0.15) is 49.9 Å². The Balaban J connectivity index is 1.69. The largest absolute Gasteiger partial charge is 0.478 e. The fourth-order valence-corrected chi connectivity index (χ4v) is 5.03. The number of amides is 2. The quantitative estimate of drug-likeness (QED) is 0.264. The number of carboxylic acids is 1. The molecule has 36 heavy (non-hydrogen) atoms. The van der Waals surface area contributed by atoms with E-state index < -0.39 is 17.8 Å². The number of hydrogen-bond donors (Lipinski definition) is 4. The summed E-state index contributed by atoms with van der Waals surface area (Å²) < 4.78 is 14.1. The van der Waals surface area contributed by atoms with Crippen LogP contribution in [0.5, 0.6) is 0 Å². The zero-order valence-corrected chi connectivity index (χ0v) is 20.6. The average Bonchev–Trinajstić information content (AvgIpc) is 3.39. The lowest BCUT2D eigenvalue weighted by atomic mass is 9.88. The molecule has 1 fully saturated rings. The van der Waals surface area contributed by atoms with Crippen LogP contribution >= 0.6 is 0 Å². The summed E-state index contributed by atoms with van der Waals surface area (Å²) in [5.74, 6) is -0.643. The van der Waals surface area contributed by atoms with Gasteiger partial charge in [-0.25, -0.2) is 14.0 Å². The number of carboxylic acid groups (broad SMARTS) is 1. The van der Waals surface area contributed by atoms with Crippen molar-refractivity contribution in [3.05, 3.63) is 78.1 Å². The van der Waals surface area contributed by atoms with Gasteiger partial charge in [0.25, 0.3) is 0 Å². The van der Waals surface area contributed by atoms with Crippen LogP contribution in [0.15, 0.2) is 66.7 Å². The highest BCUT2D eigenvalue weighted by molar-refractivity contribution is 6.03. The van der Waals surface area contributed by atoms with Gasteiger partial charge in [-0.3, -0.25) is 0 Å². The van der Waals surface area contributed by atoms with E-state index in [1.54, 1.807) is 42.5 Å². The summed E-state index contributed by atoms with van der Waals surface area (Å²) in [5, 5.41) is 18.7. The van der Waals surface area contributed by atoms with Gasteiger partial charge in [-0.15, -0.1) is 0 Å². The Labute approximate surface area is 210 Å². The Morgan fingerprint density at radius 2 is 1.56 bits per heavy atom. The molecule has 0 aliphatic heterocycles. The summed E-state index contributed by atoms with van der Waals surface area (Å²) in [7, 11) is 0. The molecule has 0 radical (unpaired) electrons. The van der Waals surface area contributed by atoms with E-state index in [4.69, 9.17) is 0 Å². The Kier molecular flexibility index (Phi) is 7.88. The fraction of sp³-hybridized carbons (Fsp3) is 0.310. The second-order valence-corrected chi connectivity index (χ2v) is 9.63. The topological polar surface area (TPSA) is 90.5 Å². The number of rotatable bonds is 8. The Morgan fingerprint density at radius 1 is 0.889 bits per heavy atom. The average molecular weight is 490 g/mol. The van der Waals surface area contributed by atoms with Gasteiger partial charge >= 0.3 is 12.0 Å². The summed E-state index contributed by atoms with van der Waals surface area (Å²) in [5.41, 5.74) is 2.67. The van der Waals surface area contributed by atoms with Crippen molar-refractivity contribution in [2.24, 2.45) is 11.8 Å². The number of aromatic carboxylic acids is 1. The first-order valence-electron chi connectivity index (χ1n) is 12.4. The van der Waals surface area contributed by atoms with Gasteiger partial charge in [0.05, 0.1) is 22.6 Å². The third-order valence-corrected chi connectivity index (χ3v) is 6.81. The lowest BCUT2D eigenvalue weighted by Gasteiger charge is -2.30. The molecule has 6 nitrogen and oxygen atoms in total. The third kappa shape index (κ3) is 5.85. The molecule has 7 heteroatoms. The smallest absolute Gasteiger partial charge is 0.336 e. The second-order valence-electron chi connectivity index (χ2n) is 9.63. The van der Waals surface area contributed by atoms with Crippen molar-refractivity contribution in [3.63, 3.8) is 0 Å². The molecule has 0 spiro atoms. The van der Waals surface area contributed by atoms with E-state index >= 15 is 0 Å². The molecule has 0 bridgehead atoms. The van der Waals surface area contributed by atoms with E-state index in [2.05, 4.69) is 29.8 Å². The van der Waals surface area contributed by atoms with Gasteiger partial charge in [-0.05, 0) is 66.1 Å². The molecule has 1 aliphatic carbocycles. The second kappa shape index (κ2) is 11.2. The maximum absolute atomic E-state index is 14.1. The van der Waals surface area contributed by atoms with Gasteiger partial charge in [0.1, 0.15) is 5.82 Å². The number of nitrogens with one attached hydrogen (secondary N) is 3. The molecular formula is C29H32FN3O3. The van der Waals surface area contributed by atoms with Crippen molar-refractivity contribution in [2.45, 2.75) is 45.6 Å². The Hall–Kier alpha value is -3.87. The highest BCUT2D eigenvalue weighted by atomic mass is 19.1. The molecule has 188 valence electrons. The Bertz CT molecular complexity index is 1240. The Morgan fingerprint density at radius 3 is 2.25 bits per heavy atom. The number of carbonyl (C=O) groups excluding carboxylic acids is 1. The van der Waals surface area contributed by atoms with Crippen LogP contribution < -0.4 is 16.0 Å². The van der Waals surface area contributed by atoms with Crippen LogP contribution in [0.2, 0.25) is 0 Å². The molecule has 1 aliphatic rings. The number of para-hydroxylation sites is 1. The van der Waals surface area contributed by atoms with Crippen molar-refractivity contribution in [2.75, 3.05) is 16.0 Å². The number of hydrogen-bond acceptors (Lipinski definition) is 3. The summed E-state index contributed by atoms with van der Waals surface area (Å²) in [6.45, 7) is 4.37. The SMILES string of the molecule is CC(C)C(Nc1ccc(-c2ccccc2C(=O)O)cc1NC(=O)Nc1ccccc1F)C1CCCC1. The van der Waals surface area contributed by atoms with Crippen molar-refractivity contribution < 1.29 is 19.1 Å². The van der Waals surface area contributed by atoms with Gasteiger partial charge in [0, 0.05) is 6.04 Å². The molecule has 3 aromatic carbocycles. The van der Waals surface area contributed by atoms with E-state index in [-0.39, 0.29) is 17.3 Å². The molecule has 4 N–H and O–H groups in total. The predicted octanol–water partition coefficient (Wildman–Crippen LogP) is 7.46. The van der Waals surface area contributed by atoms with Crippen molar-refractivity contribution in [1.29, 1.82) is 0 Å². The van der Waals surface area contributed by atoms with Gasteiger partial charge in [-0.1, -0.05) is 63.1 Å². The van der Waals surface area contributed by atoms with Crippen LogP contribution in [0, 0.1) is 17.7 Å². The van der Waals surface area contributed by atoms with Crippen LogP contribution in [-0.4, -0.2) is 23.1 Å². The summed E-state index contributed by atoms with van der Waals surface area (Å²) in [4.78, 5) is 24.7. The minimum atomic E-state index is -1.03. The van der Waals surface area contributed by atoms with Crippen LogP contribution in [0.25, 0.3) is 11.1 Å². The minimum Gasteiger partial charge on any atom is -0.478 e.